The van der Waals surface area contributed by atoms with Crippen molar-refractivity contribution < 1.29 is 32.6 Å². The van der Waals surface area contributed by atoms with Crippen molar-refractivity contribution in [1.82, 2.24) is 19.4 Å². The van der Waals surface area contributed by atoms with Crippen LogP contribution in [0.3, 0.4) is 0 Å². The maximum Gasteiger partial charge on any atom is 0.413 e. The number of nitrogens with zero attached hydrogens (tertiary/aromatic N) is 4. The number of carbonyl (C=O) groups excluding carboxylic acids is 3. The zero-order chi connectivity index (χ0) is 32.4. The van der Waals surface area contributed by atoms with Gasteiger partial charge in [0.15, 0.2) is 5.13 Å². The second-order valence-corrected chi connectivity index (χ2v) is 14.3. The lowest BCUT2D eigenvalue weighted by molar-refractivity contribution is 0.00286. The van der Waals surface area contributed by atoms with Gasteiger partial charge in [-0.3, -0.25) is 10.1 Å². The van der Waals surface area contributed by atoms with Gasteiger partial charge in [0.25, 0.3) is 5.91 Å². The Balaban J connectivity index is 1.37. The predicted octanol–water partition coefficient (Wildman–Crippen LogP) is 7.01. The van der Waals surface area contributed by atoms with E-state index >= 15 is 4.39 Å². The van der Waals surface area contributed by atoms with Gasteiger partial charge in [-0.2, -0.15) is 0 Å². The minimum atomic E-state index is -0.744. The molecule has 238 valence electrons. The Hall–Kier alpha value is -4.26. The van der Waals surface area contributed by atoms with E-state index in [1.54, 1.807) is 36.6 Å². The zero-order valence-electron chi connectivity index (χ0n) is 26.0. The van der Waals surface area contributed by atoms with Crippen molar-refractivity contribution in [3.63, 3.8) is 0 Å². The topological polar surface area (TPSA) is 106 Å². The maximum absolute atomic E-state index is 16.2. The van der Waals surface area contributed by atoms with E-state index in [0.717, 1.165) is 11.3 Å². The molecule has 0 aliphatic carbocycles. The number of halogens is 2. The van der Waals surface area contributed by atoms with Crippen LogP contribution in [0.2, 0.25) is 0 Å². The summed E-state index contributed by atoms with van der Waals surface area (Å²) in [5.41, 5.74) is 0.113. The van der Waals surface area contributed by atoms with E-state index in [1.165, 1.54) is 18.2 Å². The minimum absolute atomic E-state index is 0.109. The molecule has 4 heterocycles. The van der Waals surface area contributed by atoms with Crippen LogP contribution in [0.5, 0.6) is 0 Å². The van der Waals surface area contributed by atoms with Gasteiger partial charge in [0.2, 0.25) is 0 Å². The lowest BCUT2D eigenvalue weighted by Crippen LogP contribution is -2.57. The third kappa shape index (κ3) is 5.92. The number of thiazole rings is 1. The Morgan fingerprint density at radius 2 is 1.71 bits per heavy atom. The molecule has 4 aromatic rings. The van der Waals surface area contributed by atoms with Gasteiger partial charge >= 0.3 is 12.2 Å². The van der Waals surface area contributed by atoms with E-state index in [1.807, 2.05) is 31.5 Å². The van der Waals surface area contributed by atoms with Crippen molar-refractivity contribution in [2.45, 2.75) is 71.8 Å². The van der Waals surface area contributed by atoms with Crippen molar-refractivity contribution in [1.29, 1.82) is 0 Å². The number of benzene rings is 2. The summed E-state index contributed by atoms with van der Waals surface area (Å²) in [7, 11) is 0. The van der Waals surface area contributed by atoms with Gasteiger partial charge in [0, 0.05) is 48.9 Å². The van der Waals surface area contributed by atoms with Gasteiger partial charge in [-0.05, 0) is 72.2 Å². The highest BCUT2D eigenvalue weighted by atomic mass is 32.1. The summed E-state index contributed by atoms with van der Waals surface area (Å²) in [6.07, 6.45) is 1.23. The molecule has 0 saturated carbocycles. The van der Waals surface area contributed by atoms with Crippen LogP contribution in [0.25, 0.3) is 32.2 Å². The second kappa shape index (κ2) is 11.0. The van der Waals surface area contributed by atoms with Crippen LogP contribution < -0.4 is 5.32 Å². The molecule has 2 aromatic heterocycles. The third-order valence-electron chi connectivity index (χ3n) is 7.70. The lowest BCUT2D eigenvalue weighted by atomic mass is 9.95. The molecule has 10 nitrogen and oxygen atoms in total. The zero-order valence-corrected chi connectivity index (χ0v) is 26.8. The van der Waals surface area contributed by atoms with Crippen molar-refractivity contribution in [3.8, 4) is 11.1 Å². The number of hydrogen-bond acceptors (Lipinski definition) is 7. The third-order valence-corrected chi connectivity index (χ3v) is 8.68. The van der Waals surface area contributed by atoms with E-state index in [9.17, 15) is 18.8 Å². The number of amides is 3. The highest BCUT2D eigenvalue weighted by molar-refractivity contribution is 7.22. The molecule has 2 aliphatic rings. The van der Waals surface area contributed by atoms with Crippen LogP contribution in [-0.2, 0) is 16.0 Å². The smallest absolute Gasteiger partial charge is 0.413 e. The molecular formula is C32H35F2N5O5S. The van der Waals surface area contributed by atoms with Crippen LogP contribution in [0.4, 0.5) is 23.5 Å². The molecule has 2 aromatic carbocycles. The van der Waals surface area contributed by atoms with E-state index in [4.69, 9.17) is 9.47 Å². The van der Waals surface area contributed by atoms with Gasteiger partial charge < -0.3 is 23.8 Å². The highest BCUT2D eigenvalue weighted by Gasteiger charge is 2.37. The molecule has 6 rings (SSSR count). The summed E-state index contributed by atoms with van der Waals surface area (Å²) in [6, 6.07) is 5.42. The van der Waals surface area contributed by atoms with Crippen molar-refractivity contribution in [2.75, 3.05) is 25.0 Å². The average Bonchev–Trinajstić information content (AvgIpc) is 3.54. The fourth-order valence-electron chi connectivity index (χ4n) is 5.92. The molecule has 0 spiro atoms. The van der Waals surface area contributed by atoms with Gasteiger partial charge in [0.05, 0.1) is 27.3 Å². The fourth-order valence-corrected chi connectivity index (χ4v) is 6.80. The molecule has 2 aliphatic heterocycles. The standard InChI is InChI=1S/C32H35F2N5O5S/c1-31(2,3)43-29(41)36-28-35-24-18(7-8-21(33)26(24)45-28)23-19-10-12-37-11-9-17-16-38(30(42)44-32(4,5)6)13-14-39(17)27(40)20(25(19)37)15-22(23)34/h7-8,10,12,15,17H,9,11,13-14,16H2,1-6H3,(H,35,36,41)/t17-/m0/s1. The quantitative estimate of drug-likeness (QED) is 0.253. The van der Waals surface area contributed by atoms with Crippen LogP contribution >= 0.6 is 11.3 Å². The Bertz CT molecular complexity index is 1850. The normalized spacial score (nSPS) is 17.2. The molecule has 0 radical (unpaired) electrons. The van der Waals surface area contributed by atoms with Crippen LogP contribution in [0, 0.1) is 11.6 Å². The van der Waals surface area contributed by atoms with E-state index in [2.05, 4.69) is 10.3 Å². The molecule has 1 atom stereocenters. The van der Waals surface area contributed by atoms with Gasteiger partial charge in [-0.25, -0.2) is 23.4 Å². The molecule has 3 amide bonds. The number of fused-ring (bicyclic) bond motifs is 2. The van der Waals surface area contributed by atoms with Gasteiger partial charge in [-0.1, -0.05) is 11.3 Å². The first kappa shape index (κ1) is 30.8. The number of piperazine rings is 1. The lowest BCUT2D eigenvalue weighted by Gasteiger charge is -2.42. The number of rotatable bonds is 2. The number of aryl methyl sites for hydroxylation is 1. The SMILES string of the molecule is CC(C)(C)OC(=O)Nc1nc2c(-c3c(F)cc4c5c3ccn5CC[C@H]3CN(C(=O)OC(C)(C)C)CCN3C4=O)ccc(F)c2s1. The van der Waals surface area contributed by atoms with E-state index < -0.39 is 35.0 Å². The van der Waals surface area contributed by atoms with Crippen molar-refractivity contribution in [3.05, 3.63) is 47.7 Å². The average molecular weight is 640 g/mol. The maximum atomic E-state index is 16.2. The van der Waals surface area contributed by atoms with E-state index in [-0.39, 0.29) is 38.4 Å². The number of aromatic nitrogens is 2. The molecule has 0 bridgehead atoms. The van der Waals surface area contributed by atoms with Crippen LogP contribution in [0.1, 0.15) is 58.3 Å². The largest absolute Gasteiger partial charge is 0.444 e. The first-order valence-corrected chi connectivity index (χ1v) is 15.6. The predicted molar refractivity (Wildman–Crippen MR) is 168 cm³/mol. The summed E-state index contributed by atoms with van der Waals surface area (Å²) < 4.78 is 44.1. The number of nitrogens with one attached hydrogen (secondary N) is 1. The number of carbonyl (C=O) groups is 3. The molecule has 45 heavy (non-hydrogen) atoms. The Morgan fingerprint density at radius 3 is 2.42 bits per heavy atom. The minimum Gasteiger partial charge on any atom is -0.444 e. The Labute approximate surface area is 262 Å². The highest BCUT2D eigenvalue weighted by Crippen LogP contribution is 2.42. The summed E-state index contributed by atoms with van der Waals surface area (Å²) in [5, 5.41) is 3.15. The molecule has 1 N–H and O–H groups in total. The molecule has 1 fully saturated rings. The summed E-state index contributed by atoms with van der Waals surface area (Å²) >= 11 is 0.923. The fraction of sp³-hybridized carbons (Fsp3) is 0.438. The van der Waals surface area contributed by atoms with Crippen molar-refractivity contribution >= 4 is 55.7 Å². The summed E-state index contributed by atoms with van der Waals surface area (Å²) in [4.78, 5) is 46.9. The van der Waals surface area contributed by atoms with Crippen molar-refractivity contribution in [2.24, 2.45) is 0 Å². The Kier molecular flexibility index (Phi) is 7.50. The molecule has 13 heteroatoms. The first-order chi connectivity index (χ1) is 21.1. The van der Waals surface area contributed by atoms with Gasteiger partial charge in [0.1, 0.15) is 22.8 Å². The second-order valence-electron chi connectivity index (χ2n) is 13.3. The molecule has 1 saturated heterocycles. The van der Waals surface area contributed by atoms with Crippen LogP contribution in [-0.4, -0.2) is 74.3 Å². The number of hydrogen-bond donors (Lipinski definition) is 1. The molecule has 0 unspecified atom stereocenters. The molecular weight excluding hydrogens is 604 g/mol. The summed E-state index contributed by atoms with van der Waals surface area (Å²) in [5.74, 6) is -1.54. The first-order valence-electron chi connectivity index (χ1n) is 14.8. The number of anilines is 1. The van der Waals surface area contributed by atoms with Crippen LogP contribution in [0.15, 0.2) is 30.5 Å². The Morgan fingerprint density at radius 1 is 0.978 bits per heavy atom. The number of ether oxygens (including phenoxy) is 2. The summed E-state index contributed by atoms with van der Waals surface area (Å²) in [6.45, 7) is 12.0. The monoisotopic (exact) mass is 639 g/mol. The van der Waals surface area contributed by atoms with E-state index in [0.29, 0.717) is 49.1 Å². The van der Waals surface area contributed by atoms with Gasteiger partial charge in [-0.15, -0.1) is 0 Å².